The highest BCUT2D eigenvalue weighted by molar-refractivity contribution is 6.27. The Hall–Kier alpha value is -1.62. The smallest absolute Gasteiger partial charge is 0.271 e. The molecule has 80 valence electrons. The van der Waals surface area contributed by atoms with E-state index in [1.807, 2.05) is 0 Å². The molecule has 1 aromatic carbocycles. The van der Waals surface area contributed by atoms with Crippen molar-refractivity contribution in [2.75, 3.05) is 11.6 Å². The van der Waals surface area contributed by atoms with Gasteiger partial charge in [-0.1, -0.05) is 0 Å². The third kappa shape index (κ3) is 2.92. The van der Waals surface area contributed by atoms with Crippen LogP contribution in [0.5, 0.6) is 0 Å². The zero-order valence-electron chi connectivity index (χ0n) is 7.77. The van der Waals surface area contributed by atoms with E-state index in [9.17, 15) is 14.9 Å². The van der Waals surface area contributed by atoms with Crippen LogP contribution >= 0.6 is 11.6 Å². The van der Waals surface area contributed by atoms with E-state index in [1.165, 1.54) is 18.2 Å². The number of ketones is 1. The number of alkyl halides is 1. The molecular formula is C9H9ClN2O3. The molecule has 0 bridgehead atoms. The highest BCUT2D eigenvalue weighted by Crippen LogP contribution is 2.20. The van der Waals surface area contributed by atoms with Gasteiger partial charge in [0.1, 0.15) is 0 Å². The van der Waals surface area contributed by atoms with Gasteiger partial charge < -0.3 is 5.73 Å². The summed E-state index contributed by atoms with van der Waals surface area (Å²) in [5.74, 6) is -0.256. The lowest BCUT2D eigenvalue weighted by molar-refractivity contribution is -0.384. The summed E-state index contributed by atoms with van der Waals surface area (Å²) >= 11 is 5.34. The van der Waals surface area contributed by atoms with Gasteiger partial charge >= 0.3 is 0 Å². The lowest BCUT2D eigenvalue weighted by atomic mass is 10.1. The van der Waals surface area contributed by atoms with Crippen molar-refractivity contribution in [2.24, 2.45) is 0 Å². The number of hydrogen-bond donors (Lipinski definition) is 1. The molecule has 0 aliphatic heterocycles. The number of nitrogen functional groups attached to an aromatic ring is 1. The third-order valence-corrected chi connectivity index (χ3v) is 2.18. The number of nitrogens with zero attached hydrogens (tertiary/aromatic N) is 1. The molecule has 2 N–H and O–H groups in total. The van der Waals surface area contributed by atoms with Crippen molar-refractivity contribution in [3.05, 3.63) is 33.9 Å². The number of benzene rings is 1. The molecular weight excluding hydrogens is 220 g/mol. The summed E-state index contributed by atoms with van der Waals surface area (Å²) in [4.78, 5) is 20.9. The third-order valence-electron chi connectivity index (χ3n) is 1.88. The fraction of sp³-hybridized carbons (Fsp3) is 0.222. The van der Waals surface area contributed by atoms with E-state index in [1.54, 1.807) is 0 Å². The number of carbonyl (C=O) groups is 1. The quantitative estimate of drug-likeness (QED) is 0.366. The van der Waals surface area contributed by atoms with E-state index in [0.29, 0.717) is 5.56 Å². The summed E-state index contributed by atoms with van der Waals surface area (Å²) < 4.78 is 0. The molecule has 5 nitrogen and oxygen atoms in total. The van der Waals surface area contributed by atoms with Gasteiger partial charge in [0.15, 0.2) is 5.78 Å². The Balaban J connectivity index is 2.93. The maximum atomic E-state index is 11.0. The highest BCUT2D eigenvalue weighted by atomic mass is 35.5. The lowest BCUT2D eigenvalue weighted by Crippen LogP contribution is -2.06. The Morgan fingerprint density at radius 1 is 1.53 bits per heavy atom. The Kier molecular flexibility index (Phi) is 3.62. The molecule has 6 heteroatoms. The molecule has 0 aliphatic rings. The summed E-state index contributed by atoms with van der Waals surface area (Å²) in [6.07, 6.45) is 0.104. The van der Waals surface area contributed by atoms with Crippen LogP contribution in [0.1, 0.15) is 5.56 Å². The Morgan fingerprint density at radius 3 is 2.67 bits per heavy atom. The first-order valence-corrected chi connectivity index (χ1v) is 4.68. The SMILES string of the molecule is Nc1cc([N+](=O)[O-])ccc1CC(=O)CCl. The lowest BCUT2D eigenvalue weighted by Gasteiger charge is -2.03. The second-order valence-corrected chi connectivity index (χ2v) is 3.26. The molecule has 1 aromatic rings. The van der Waals surface area contributed by atoms with Crippen LogP contribution in [-0.2, 0) is 11.2 Å². The minimum absolute atomic E-state index is 0.0869. The van der Waals surface area contributed by atoms with E-state index in [0.717, 1.165) is 0 Å². The average molecular weight is 229 g/mol. The Bertz CT molecular complexity index is 406. The molecule has 1 rings (SSSR count). The molecule has 0 saturated carbocycles. The first kappa shape index (κ1) is 11.5. The van der Waals surface area contributed by atoms with Gasteiger partial charge in [-0.3, -0.25) is 14.9 Å². The fourth-order valence-electron chi connectivity index (χ4n) is 1.12. The number of hydrogen-bond acceptors (Lipinski definition) is 4. The molecule has 0 amide bonds. The summed E-state index contributed by atoms with van der Waals surface area (Å²) in [6, 6.07) is 4.02. The molecule has 0 saturated heterocycles. The van der Waals surface area contributed by atoms with Gasteiger partial charge in [0.2, 0.25) is 0 Å². The van der Waals surface area contributed by atoms with Crippen molar-refractivity contribution in [3.63, 3.8) is 0 Å². The number of carbonyl (C=O) groups excluding carboxylic acids is 1. The molecule has 0 unspecified atom stereocenters. The van der Waals surface area contributed by atoms with Crippen LogP contribution in [0, 0.1) is 10.1 Å². The van der Waals surface area contributed by atoms with Gasteiger partial charge in [-0.15, -0.1) is 11.6 Å². The van der Waals surface area contributed by atoms with E-state index in [4.69, 9.17) is 17.3 Å². The fourth-order valence-corrected chi connectivity index (χ4v) is 1.21. The second-order valence-electron chi connectivity index (χ2n) is 2.99. The number of non-ortho nitro benzene ring substituents is 1. The van der Waals surface area contributed by atoms with Crippen LogP contribution in [0.3, 0.4) is 0 Å². The number of rotatable bonds is 4. The Labute approximate surface area is 91.0 Å². The van der Waals surface area contributed by atoms with Gasteiger partial charge in [-0.25, -0.2) is 0 Å². The van der Waals surface area contributed by atoms with E-state index in [2.05, 4.69) is 0 Å². The van der Waals surface area contributed by atoms with Crippen molar-refractivity contribution in [3.8, 4) is 0 Å². The van der Waals surface area contributed by atoms with Crippen molar-refractivity contribution >= 4 is 28.8 Å². The summed E-state index contributed by atoms with van der Waals surface area (Å²) in [5.41, 5.74) is 6.27. The minimum atomic E-state index is -0.538. The summed E-state index contributed by atoms with van der Waals surface area (Å²) in [7, 11) is 0. The van der Waals surface area contributed by atoms with Gasteiger partial charge in [0.05, 0.1) is 10.8 Å². The molecule has 0 aliphatic carbocycles. The second kappa shape index (κ2) is 4.75. The first-order valence-electron chi connectivity index (χ1n) is 4.15. The number of nitrogens with two attached hydrogens (primary N) is 1. The highest BCUT2D eigenvalue weighted by Gasteiger charge is 2.10. The first-order chi connectivity index (χ1) is 7.04. The largest absolute Gasteiger partial charge is 0.398 e. The van der Waals surface area contributed by atoms with Gasteiger partial charge in [-0.2, -0.15) is 0 Å². The van der Waals surface area contributed by atoms with Crippen LogP contribution in [0.4, 0.5) is 11.4 Å². The Morgan fingerprint density at radius 2 is 2.20 bits per heavy atom. The van der Waals surface area contributed by atoms with Crippen LogP contribution in [0.2, 0.25) is 0 Å². The number of nitro groups is 1. The monoisotopic (exact) mass is 228 g/mol. The molecule has 0 heterocycles. The maximum absolute atomic E-state index is 11.0. The maximum Gasteiger partial charge on any atom is 0.271 e. The molecule has 0 fully saturated rings. The minimum Gasteiger partial charge on any atom is -0.398 e. The zero-order chi connectivity index (χ0) is 11.4. The zero-order valence-corrected chi connectivity index (χ0v) is 8.53. The van der Waals surface area contributed by atoms with E-state index < -0.39 is 4.92 Å². The van der Waals surface area contributed by atoms with Crippen LogP contribution in [0.25, 0.3) is 0 Å². The van der Waals surface area contributed by atoms with Gasteiger partial charge in [0.25, 0.3) is 5.69 Å². The molecule has 15 heavy (non-hydrogen) atoms. The average Bonchev–Trinajstić information content (AvgIpc) is 2.20. The number of halogens is 1. The summed E-state index contributed by atoms with van der Waals surface area (Å²) in [6.45, 7) is 0. The van der Waals surface area contributed by atoms with Crippen LogP contribution < -0.4 is 5.73 Å². The molecule has 0 radical (unpaired) electrons. The van der Waals surface area contributed by atoms with Crippen LogP contribution in [-0.4, -0.2) is 16.6 Å². The van der Waals surface area contributed by atoms with E-state index in [-0.39, 0.29) is 29.5 Å². The van der Waals surface area contributed by atoms with Crippen molar-refractivity contribution in [1.29, 1.82) is 0 Å². The molecule has 0 spiro atoms. The van der Waals surface area contributed by atoms with E-state index >= 15 is 0 Å². The number of nitro benzene ring substituents is 1. The van der Waals surface area contributed by atoms with Gasteiger partial charge in [-0.05, 0) is 11.6 Å². The predicted molar refractivity (Wildman–Crippen MR) is 56.9 cm³/mol. The van der Waals surface area contributed by atoms with Crippen LogP contribution in [0.15, 0.2) is 18.2 Å². The predicted octanol–water partition coefficient (Wildman–Crippen LogP) is 1.53. The summed E-state index contributed by atoms with van der Waals surface area (Å²) in [5, 5.41) is 10.4. The standard InChI is InChI=1S/C9H9ClN2O3/c10-5-8(13)3-6-1-2-7(12(14)15)4-9(6)11/h1-2,4H,3,5,11H2. The van der Waals surface area contributed by atoms with Crippen molar-refractivity contribution in [2.45, 2.75) is 6.42 Å². The molecule has 0 atom stereocenters. The topological polar surface area (TPSA) is 86.2 Å². The number of anilines is 1. The molecule has 0 aromatic heterocycles. The van der Waals surface area contributed by atoms with Gasteiger partial charge in [0, 0.05) is 24.2 Å². The van der Waals surface area contributed by atoms with Crippen molar-refractivity contribution in [1.82, 2.24) is 0 Å². The normalized spacial score (nSPS) is 9.93. The number of Topliss-reactive ketones (excluding diaryl/α,β-unsaturated/α-hetero) is 1. The van der Waals surface area contributed by atoms with Crippen molar-refractivity contribution < 1.29 is 9.72 Å².